The highest BCUT2D eigenvalue weighted by Gasteiger charge is 2.06. The van der Waals surface area contributed by atoms with Gasteiger partial charge < -0.3 is 5.73 Å². The van der Waals surface area contributed by atoms with Crippen molar-refractivity contribution in [3.8, 4) is 0 Å². The van der Waals surface area contributed by atoms with Gasteiger partial charge in [0, 0.05) is 23.2 Å². The van der Waals surface area contributed by atoms with Gasteiger partial charge in [-0.3, -0.25) is 4.98 Å². The fraction of sp³-hybridized carbons (Fsp3) is 0.273. The number of rotatable bonds is 1. The van der Waals surface area contributed by atoms with E-state index < -0.39 is 0 Å². The Hall–Kier alpha value is -1.64. The van der Waals surface area contributed by atoms with Crippen LogP contribution in [0.15, 0.2) is 24.5 Å². The lowest BCUT2D eigenvalue weighted by Gasteiger charge is -2.08. The van der Waals surface area contributed by atoms with Crippen LogP contribution in [0.25, 0.3) is 10.8 Å². The zero-order valence-electron chi connectivity index (χ0n) is 8.36. The van der Waals surface area contributed by atoms with E-state index in [1.54, 1.807) is 6.20 Å². The summed E-state index contributed by atoms with van der Waals surface area (Å²) in [4.78, 5) is 8.42. The second-order valence-electron chi connectivity index (χ2n) is 3.68. The summed E-state index contributed by atoms with van der Waals surface area (Å²) < 4.78 is 0. The highest BCUT2D eigenvalue weighted by Crippen LogP contribution is 2.23. The van der Waals surface area contributed by atoms with E-state index in [2.05, 4.69) is 23.8 Å². The molecule has 0 radical (unpaired) electrons. The van der Waals surface area contributed by atoms with Gasteiger partial charge in [0.25, 0.3) is 0 Å². The zero-order valence-corrected chi connectivity index (χ0v) is 8.36. The number of hydrogen-bond donors (Lipinski definition) is 1. The lowest BCUT2D eigenvalue weighted by molar-refractivity contribution is 0.834. The zero-order chi connectivity index (χ0) is 10.1. The average Bonchev–Trinajstić information content (AvgIpc) is 2.16. The molecule has 0 aliphatic rings. The smallest absolute Gasteiger partial charge is 0.123 e. The third-order valence-electron chi connectivity index (χ3n) is 2.25. The molecule has 0 aliphatic heterocycles. The van der Waals surface area contributed by atoms with Gasteiger partial charge in [-0.05, 0) is 18.1 Å². The van der Waals surface area contributed by atoms with Gasteiger partial charge in [0.15, 0.2) is 0 Å². The quantitative estimate of drug-likeness (QED) is 0.745. The number of aromatic nitrogens is 2. The molecule has 2 rings (SSSR count). The molecular formula is C11H13N3. The van der Waals surface area contributed by atoms with Crippen LogP contribution in [0.1, 0.15) is 25.5 Å². The van der Waals surface area contributed by atoms with Crippen LogP contribution in [0.4, 0.5) is 5.82 Å². The molecule has 14 heavy (non-hydrogen) atoms. The second-order valence-corrected chi connectivity index (χ2v) is 3.68. The Bertz CT molecular complexity index is 463. The van der Waals surface area contributed by atoms with E-state index in [-0.39, 0.29) is 0 Å². The summed E-state index contributed by atoms with van der Waals surface area (Å²) in [5.74, 6) is 0.952. The Labute approximate surface area is 83.0 Å². The first-order valence-corrected chi connectivity index (χ1v) is 4.68. The molecule has 0 aliphatic carbocycles. The van der Waals surface area contributed by atoms with Crippen LogP contribution in [0, 0.1) is 0 Å². The Morgan fingerprint density at radius 2 is 2.07 bits per heavy atom. The van der Waals surface area contributed by atoms with Gasteiger partial charge in [-0.2, -0.15) is 0 Å². The number of hydrogen-bond acceptors (Lipinski definition) is 3. The van der Waals surface area contributed by atoms with Gasteiger partial charge in [-0.1, -0.05) is 13.8 Å². The van der Waals surface area contributed by atoms with Crippen LogP contribution in [0.2, 0.25) is 0 Å². The van der Waals surface area contributed by atoms with Crippen LogP contribution in [-0.4, -0.2) is 9.97 Å². The minimum atomic E-state index is 0.403. The van der Waals surface area contributed by atoms with E-state index in [1.165, 1.54) is 0 Å². The standard InChI is InChI=1S/C11H13N3/c1-7(2)11-9-5-10(12)14-6-8(9)3-4-13-11/h3-7H,1-2H3,(H2,12,14). The van der Waals surface area contributed by atoms with Crippen LogP contribution in [0.3, 0.4) is 0 Å². The molecular weight excluding hydrogens is 174 g/mol. The largest absolute Gasteiger partial charge is 0.384 e. The van der Waals surface area contributed by atoms with Crippen LogP contribution in [-0.2, 0) is 0 Å². The maximum atomic E-state index is 5.65. The minimum absolute atomic E-state index is 0.403. The first-order valence-electron chi connectivity index (χ1n) is 4.68. The van der Waals surface area contributed by atoms with Crippen LogP contribution < -0.4 is 5.73 Å². The molecule has 0 atom stereocenters. The average molecular weight is 187 g/mol. The van der Waals surface area contributed by atoms with Crippen molar-refractivity contribution in [1.29, 1.82) is 0 Å². The summed E-state index contributed by atoms with van der Waals surface area (Å²) >= 11 is 0. The number of nitrogen functional groups attached to an aromatic ring is 1. The first kappa shape index (κ1) is 8.94. The minimum Gasteiger partial charge on any atom is -0.384 e. The Morgan fingerprint density at radius 3 is 2.79 bits per heavy atom. The van der Waals surface area contributed by atoms with Crippen molar-refractivity contribution < 1.29 is 0 Å². The van der Waals surface area contributed by atoms with Crippen LogP contribution in [0.5, 0.6) is 0 Å². The number of fused-ring (bicyclic) bond motifs is 1. The first-order chi connectivity index (χ1) is 6.68. The van der Waals surface area contributed by atoms with Gasteiger partial charge in [0.05, 0.1) is 5.69 Å². The molecule has 0 spiro atoms. The maximum absolute atomic E-state index is 5.65. The van der Waals surface area contributed by atoms with Crippen molar-refractivity contribution in [3.05, 3.63) is 30.2 Å². The molecule has 2 aromatic rings. The maximum Gasteiger partial charge on any atom is 0.123 e. The predicted octanol–water partition coefficient (Wildman–Crippen LogP) is 2.34. The number of anilines is 1. The Balaban J connectivity index is 2.77. The Morgan fingerprint density at radius 1 is 1.29 bits per heavy atom. The van der Waals surface area contributed by atoms with Gasteiger partial charge in [0.2, 0.25) is 0 Å². The summed E-state index contributed by atoms with van der Waals surface area (Å²) in [5, 5.41) is 2.20. The summed E-state index contributed by atoms with van der Waals surface area (Å²) in [5.41, 5.74) is 6.73. The topological polar surface area (TPSA) is 51.8 Å². The van der Waals surface area contributed by atoms with E-state index in [9.17, 15) is 0 Å². The molecule has 3 heteroatoms. The molecule has 2 aromatic heterocycles. The molecule has 0 fully saturated rings. The molecule has 0 unspecified atom stereocenters. The van der Waals surface area contributed by atoms with Crippen molar-refractivity contribution in [3.63, 3.8) is 0 Å². The molecule has 3 nitrogen and oxygen atoms in total. The van der Waals surface area contributed by atoms with E-state index in [4.69, 9.17) is 5.73 Å². The fourth-order valence-corrected chi connectivity index (χ4v) is 1.56. The molecule has 72 valence electrons. The monoisotopic (exact) mass is 187 g/mol. The molecule has 0 saturated carbocycles. The van der Waals surface area contributed by atoms with Gasteiger partial charge in [0.1, 0.15) is 5.82 Å². The fourth-order valence-electron chi connectivity index (χ4n) is 1.56. The van der Waals surface area contributed by atoms with Gasteiger partial charge in [-0.25, -0.2) is 4.98 Å². The normalized spacial score (nSPS) is 11.1. The summed E-state index contributed by atoms with van der Waals surface area (Å²) in [6.07, 6.45) is 3.60. The molecule has 2 N–H and O–H groups in total. The number of nitrogens with zero attached hydrogens (tertiary/aromatic N) is 2. The van der Waals surface area contributed by atoms with E-state index in [0.29, 0.717) is 11.7 Å². The van der Waals surface area contributed by atoms with E-state index in [1.807, 2.05) is 18.3 Å². The number of pyridine rings is 2. The molecule has 0 amide bonds. The third-order valence-corrected chi connectivity index (χ3v) is 2.25. The summed E-state index contributed by atoms with van der Waals surface area (Å²) in [6, 6.07) is 3.84. The van der Waals surface area contributed by atoms with Gasteiger partial charge in [-0.15, -0.1) is 0 Å². The lowest BCUT2D eigenvalue weighted by Crippen LogP contribution is -1.96. The Kier molecular flexibility index (Phi) is 2.08. The van der Waals surface area contributed by atoms with Crippen molar-refractivity contribution in [1.82, 2.24) is 9.97 Å². The summed E-state index contributed by atoms with van der Waals surface area (Å²) in [6.45, 7) is 4.25. The van der Waals surface area contributed by atoms with Crippen molar-refractivity contribution in [2.45, 2.75) is 19.8 Å². The number of nitrogens with two attached hydrogens (primary N) is 1. The summed E-state index contributed by atoms with van der Waals surface area (Å²) in [7, 11) is 0. The predicted molar refractivity (Wildman–Crippen MR) is 58.0 cm³/mol. The van der Waals surface area contributed by atoms with Crippen molar-refractivity contribution >= 4 is 16.6 Å². The lowest BCUT2D eigenvalue weighted by atomic mass is 10.0. The molecule has 0 aromatic carbocycles. The SMILES string of the molecule is CC(C)c1nccc2cnc(N)cc12. The van der Waals surface area contributed by atoms with Crippen LogP contribution >= 0.6 is 0 Å². The highest BCUT2D eigenvalue weighted by molar-refractivity contribution is 5.85. The molecule has 0 bridgehead atoms. The van der Waals surface area contributed by atoms with E-state index >= 15 is 0 Å². The van der Waals surface area contributed by atoms with Crippen molar-refractivity contribution in [2.75, 3.05) is 5.73 Å². The molecule has 2 heterocycles. The van der Waals surface area contributed by atoms with Crippen molar-refractivity contribution in [2.24, 2.45) is 0 Å². The highest BCUT2D eigenvalue weighted by atomic mass is 14.8. The van der Waals surface area contributed by atoms with E-state index in [0.717, 1.165) is 16.5 Å². The molecule has 0 saturated heterocycles. The third kappa shape index (κ3) is 1.41. The van der Waals surface area contributed by atoms with Gasteiger partial charge >= 0.3 is 0 Å². The second kappa shape index (κ2) is 3.25.